The summed E-state index contributed by atoms with van der Waals surface area (Å²) in [5, 5.41) is 3.47. The van der Waals surface area contributed by atoms with E-state index in [0.29, 0.717) is 11.5 Å². The Morgan fingerprint density at radius 3 is 2.52 bits per heavy atom. The number of hydrogen-bond acceptors (Lipinski definition) is 3. The van der Waals surface area contributed by atoms with Crippen LogP contribution in [0.5, 0.6) is 11.5 Å². The molecule has 1 aliphatic heterocycles. The van der Waals surface area contributed by atoms with Crippen molar-refractivity contribution in [2.45, 2.75) is 57.6 Å². The zero-order chi connectivity index (χ0) is 15.1. The molecule has 0 aromatic heterocycles. The van der Waals surface area contributed by atoms with Gasteiger partial charge in [0.1, 0.15) is 17.1 Å². The van der Waals surface area contributed by atoms with Gasteiger partial charge in [-0.2, -0.15) is 0 Å². The standard InChI is InChI=1S/C18H27NO2/c1-17(2)7-9-18(10-8-17)12-15(19-3)14-11-13(20-4)5-6-16(14)21-18/h5-6,11,15,19H,7-10,12H2,1-4H3. The van der Waals surface area contributed by atoms with Crippen molar-refractivity contribution in [3.05, 3.63) is 23.8 Å². The molecule has 1 unspecified atom stereocenters. The first-order chi connectivity index (χ1) is 9.97. The van der Waals surface area contributed by atoms with Gasteiger partial charge in [-0.1, -0.05) is 13.8 Å². The van der Waals surface area contributed by atoms with E-state index in [1.54, 1.807) is 7.11 Å². The van der Waals surface area contributed by atoms with Gasteiger partial charge in [0.25, 0.3) is 0 Å². The molecular formula is C18H27NO2. The molecule has 1 saturated carbocycles. The normalized spacial score (nSPS) is 26.0. The Labute approximate surface area is 128 Å². The lowest BCUT2D eigenvalue weighted by Gasteiger charge is -2.48. The minimum atomic E-state index is 0.0186. The highest BCUT2D eigenvalue weighted by Crippen LogP contribution is 2.50. The maximum atomic E-state index is 6.49. The monoisotopic (exact) mass is 289 g/mol. The molecule has 3 nitrogen and oxygen atoms in total. The Bertz CT molecular complexity index is 514. The van der Waals surface area contributed by atoms with Crippen LogP contribution in [0, 0.1) is 5.41 Å². The van der Waals surface area contributed by atoms with Gasteiger partial charge in [-0.15, -0.1) is 0 Å². The molecule has 1 aromatic carbocycles. The minimum absolute atomic E-state index is 0.0186. The lowest BCUT2D eigenvalue weighted by Crippen LogP contribution is -2.47. The van der Waals surface area contributed by atoms with Crippen molar-refractivity contribution in [1.82, 2.24) is 5.32 Å². The summed E-state index contributed by atoms with van der Waals surface area (Å²) in [6.07, 6.45) is 5.86. The van der Waals surface area contributed by atoms with Gasteiger partial charge in [0.2, 0.25) is 0 Å². The molecule has 3 heteroatoms. The van der Waals surface area contributed by atoms with Crippen LogP contribution in [0.1, 0.15) is 57.6 Å². The van der Waals surface area contributed by atoms with Gasteiger partial charge in [-0.25, -0.2) is 0 Å². The van der Waals surface area contributed by atoms with E-state index in [-0.39, 0.29) is 5.60 Å². The van der Waals surface area contributed by atoms with Gasteiger partial charge < -0.3 is 14.8 Å². The smallest absolute Gasteiger partial charge is 0.125 e. The van der Waals surface area contributed by atoms with Gasteiger partial charge in [0, 0.05) is 18.0 Å². The predicted octanol–water partition coefficient (Wildman–Crippen LogP) is 4.08. The van der Waals surface area contributed by atoms with Crippen LogP contribution in [0.15, 0.2) is 18.2 Å². The summed E-state index contributed by atoms with van der Waals surface area (Å²) in [6, 6.07) is 6.53. The molecular weight excluding hydrogens is 262 g/mol. The van der Waals surface area contributed by atoms with Gasteiger partial charge in [0.05, 0.1) is 7.11 Å². The summed E-state index contributed by atoms with van der Waals surface area (Å²) in [7, 11) is 3.75. The van der Waals surface area contributed by atoms with Crippen LogP contribution in [0.25, 0.3) is 0 Å². The third-order valence-electron chi connectivity index (χ3n) is 5.36. The van der Waals surface area contributed by atoms with E-state index in [2.05, 4.69) is 31.3 Å². The second kappa shape index (κ2) is 5.20. The highest BCUT2D eigenvalue weighted by atomic mass is 16.5. The molecule has 0 bridgehead atoms. The van der Waals surface area contributed by atoms with Crippen LogP contribution < -0.4 is 14.8 Å². The zero-order valence-electron chi connectivity index (χ0n) is 13.7. The van der Waals surface area contributed by atoms with E-state index < -0.39 is 0 Å². The molecule has 1 aliphatic carbocycles. The molecule has 1 N–H and O–H groups in total. The van der Waals surface area contributed by atoms with Crippen molar-refractivity contribution in [1.29, 1.82) is 0 Å². The van der Waals surface area contributed by atoms with E-state index in [1.807, 2.05) is 13.1 Å². The average Bonchev–Trinajstić information content (AvgIpc) is 2.49. The third-order valence-corrected chi connectivity index (χ3v) is 5.36. The van der Waals surface area contributed by atoms with Gasteiger partial charge in [0.15, 0.2) is 0 Å². The molecule has 21 heavy (non-hydrogen) atoms. The topological polar surface area (TPSA) is 30.5 Å². The molecule has 116 valence electrons. The number of benzene rings is 1. The maximum Gasteiger partial charge on any atom is 0.125 e. The second-order valence-corrected chi connectivity index (χ2v) is 7.40. The zero-order valence-corrected chi connectivity index (χ0v) is 13.7. The van der Waals surface area contributed by atoms with E-state index >= 15 is 0 Å². The Balaban J connectivity index is 1.89. The maximum absolute atomic E-state index is 6.49. The fraction of sp³-hybridized carbons (Fsp3) is 0.667. The third kappa shape index (κ3) is 2.76. The lowest BCUT2D eigenvalue weighted by molar-refractivity contribution is -0.0289. The molecule has 1 fully saturated rings. The molecule has 1 spiro atoms. The molecule has 0 radical (unpaired) electrons. The number of rotatable bonds is 2. The fourth-order valence-corrected chi connectivity index (χ4v) is 3.72. The van der Waals surface area contributed by atoms with E-state index in [4.69, 9.17) is 9.47 Å². The lowest BCUT2D eigenvalue weighted by atomic mass is 9.68. The first-order valence-corrected chi connectivity index (χ1v) is 8.01. The summed E-state index contributed by atoms with van der Waals surface area (Å²) in [4.78, 5) is 0. The molecule has 2 aliphatic rings. The van der Waals surface area contributed by atoms with Crippen molar-refractivity contribution in [3.63, 3.8) is 0 Å². The Morgan fingerprint density at radius 1 is 1.19 bits per heavy atom. The van der Waals surface area contributed by atoms with Gasteiger partial charge in [-0.3, -0.25) is 0 Å². The van der Waals surface area contributed by atoms with Crippen LogP contribution in [0.3, 0.4) is 0 Å². The molecule has 1 atom stereocenters. The van der Waals surface area contributed by atoms with Crippen LogP contribution >= 0.6 is 0 Å². The molecule has 1 aromatic rings. The number of hydrogen-bond donors (Lipinski definition) is 1. The van der Waals surface area contributed by atoms with Crippen LogP contribution in [-0.2, 0) is 0 Å². The Morgan fingerprint density at radius 2 is 1.90 bits per heavy atom. The highest BCUT2D eigenvalue weighted by Gasteiger charge is 2.45. The first kappa shape index (κ1) is 14.7. The van der Waals surface area contributed by atoms with Crippen LogP contribution in [-0.4, -0.2) is 19.8 Å². The second-order valence-electron chi connectivity index (χ2n) is 7.40. The van der Waals surface area contributed by atoms with E-state index in [1.165, 1.54) is 18.4 Å². The minimum Gasteiger partial charge on any atom is -0.497 e. The van der Waals surface area contributed by atoms with E-state index in [9.17, 15) is 0 Å². The van der Waals surface area contributed by atoms with Gasteiger partial charge >= 0.3 is 0 Å². The highest BCUT2D eigenvalue weighted by molar-refractivity contribution is 5.44. The quantitative estimate of drug-likeness (QED) is 0.890. The predicted molar refractivity (Wildman–Crippen MR) is 85.0 cm³/mol. The number of methoxy groups -OCH3 is 1. The molecule has 1 heterocycles. The van der Waals surface area contributed by atoms with Crippen molar-refractivity contribution < 1.29 is 9.47 Å². The summed E-state index contributed by atoms with van der Waals surface area (Å²) < 4.78 is 11.8. The molecule has 0 amide bonds. The molecule has 3 rings (SSSR count). The number of fused-ring (bicyclic) bond motifs is 1. The van der Waals surface area contributed by atoms with Crippen molar-refractivity contribution in [3.8, 4) is 11.5 Å². The summed E-state index contributed by atoms with van der Waals surface area (Å²) in [5.74, 6) is 1.93. The summed E-state index contributed by atoms with van der Waals surface area (Å²) in [5.41, 5.74) is 1.71. The van der Waals surface area contributed by atoms with Crippen LogP contribution in [0.2, 0.25) is 0 Å². The van der Waals surface area contributed by atoms with Gasteiger partial charge in [-0.05, 0) is 56.3 Å². The fourth-order valence-electron chi connectivity index (χ4n) is 3.72. The number of ether oxygens (including phenoxy) is 2. The first-order valence-electron chi connectivity index (χ1n) is 8.01. The van der Waals surface area contributed by atoms with Crippen molar-refractivity contribution in [2.75, 3.05) is 14.2 Å². The van der Waals surface area contributed by atoms with Crippen molar-refractivity contribution >= 4 is 0 Å². The Kier molecular flexibility index (Phi) is 3.64. The summed E-state index contributed by atoms with van der Waals surface area (Å²) in [6.45, 7) is 4.74. The summed E-state index contributed by atoms with van der Waals surface area (Å²) >= 11 is 0. The average molecular weight is 289 g/mol. The Hall–Kier alpha value is -1.22. The largest absolute Gasteiger partial charge is 0.497 e. The van der Waals surface area contributed by atoms with E-state index in [0.717, 1.165) is 30.8 Å². The SMILES string of the molecule is CNC1CC2(CCC(C)(C)CC2)Oc2ccc(OC)cc21. The number of nitrogens with one attached hydrogen (secondary N) is 1. The van der Waals surface area contributed by atoms with Crippen LogP contribution in [0.4, 0.5) is 0 Å². The van der Waals surface area contributed by atoms with Crippen molar-refractivity contribution in [2.24, 2.45) is 5.41 Å². The molecule has 0 saturated heterocycles.